The molecule has 0 radical (unpaired) electrons. The maximum absolute atomic E-state index is 12.6. The summed E-state index contributed by atoms with van der Waals surface area (Å²) >= 11 is 0. The van der Waals surface area contributed by atoms with Crippen LogP contribution < -0.4 is 9.47 Å². The zero-order valence-corrected chi connectivity index (χ0v) is 15.8. The monoisotopic (exact) mass is 380 g/mol. The number of Topliss-reactive ketones (excluding diaryl/α,β-unsaturated/α-hetero) is 1. The van der Waals surface area contributed by atoms with Crippen LogP contribution in [0.4, 0.5) is 5.69 Å². The molecule has 144 valence electrons. The molecule has 0 aromatic heterocycles. The summed E-state index contributed by atoms with van der Waals surface area (Å²) in [6.07, 6.45) is 1.38. The first-order valence-corrected chi connectivity index (χ1v) is 8.70. The fraction of sp³-hybridized carbons (Fsp3) is 0.238. The predicted molar refractivity (Wildman–Crippen MR) is 104 cm³/mol. The summed E-state index contributed by atoms with van der Waals surface area (Å²) in [6, 6.07) is 12.2. The third-order valence-electron chi connectivity index (χ3n) is 3.63. The maximum Gasteiger partial charge on any atom is 0.270 e. The summed E-state index contributed by atoms with van der Waals surface area (Å²) < 4.78 is 11.3. The molecule has 7 heteroatoms. The van der Waals surface area contributed by atoms with E-state index in [1.54, 1.807) is 18.2 Å². The van der Waals surface area contributed by atoms with Gasteiger partial charge in [0.2, 0.25) is 5.78 Å². The van der Waals surface area contributed by atoms with E-state index in [0.717, 1.165) is 6.07 Å². The number of nitrogens with zero attached hydrogens (tertiary/aromatic N) is 2. The first-order chi connectivity index (χ1) is 13.3. The minimum atomic E-state index is -0.591. The lowest BCUT2D eigenvalue weighted by Gasteiger charge is -2.15. The minimum absolute atomic E-state index is 0.0364. The predicted octanol–water partition coefficient (Wildman–Crippen LogP) is 4.57. The van der Waals surface area contributed by atoms with Crippen molar-refractivity contribution in [3.63, 3.8) is 0 Å². The highest BCUT2D eigenvalue weighted by Crippen LogP contribution is 2.30. The van der Waals surface area contributed by atoms with E-state index in [2.05, 4.69) is 0 Å². The lowest BCUT2D eigenvalue weighted by molar-refractivity contribution is -0.384. The summed E-state index contributed by atoms with van der Waals surface area (Å²) in [5.41, 5.74) is 0.305. The highest BCUT2D eigenvalue weighted by atomic mass is 16.6. The number of carbonyl (C=O) groups is 1. The molecule has 0 atom stereocenters. The Morgan fingerprint density at radius 1 is 1.25 bits per heavy atom. The third kappa shape index (κ3) is 5.17. The molecule has 0 saturated carbocycles. The number of hydrogen-bond acceptors (Lipinski definition) is 6. The number of nitro benzene ring substituents is 1. The molecule has 0 spiro atoms. The van der Waals surface area contributed by atoms with Gasteiger partial charge in [-0.3, -0.25) is 14.9 Å². The van der Waals surface area contributed by atoms with Gasteiger partial charge < -0.3 is 9.47 Å². The van der Waals surface area contributed by atoms with Crippen LogP contribution in [-0.2, 0) is 0 Å². The van der Waals surface area contributed by atoms with Crippen LogP contribution in [0.5, 0.6) is 11.5 Å². The van der Waals surface area contributed by atoms with Crippen LogP contribution in [0.25, 0.3) is 6.08 Å². The zero-order valence-electron chi connectivity index (χ0n) is 15.8. The van der Waals surface area contributed by atoms with Crippen LogP contribution in [0.1, 0.15) is 36.7 Å². The van der Waals surface area contributed by atoms with Crippen molar-refractivity contribution in [2.24, 2.45) is 0 Å². The fourth-order valence-corrected chi connectivity index (χ4v) is 2.47. The van der Waals surface area contributed by atoms with Crippen LogP contribution in [0.3, 0.4) is 0 Å². The minimum Gasteiger partial charge on any atom is -0.490 e. The number of non-ortho nitro benzene ring substituents is 1. The van der Waals surface area contributed by atoms with E-state index < -0.39 is 10.7 Å². The topological polar surface area (TPSA) is 102 Å². The molecule has 0 bridgehead atoms. The molecule has 0 fully saturated rings. The van der Waals surface area contributed by atoms with Gasteiger partial charge in [0.05, 0.1) is 17.6 Å². The van der Waals surface area contributed by atoms with Gasteiger partial charge in [-0.1, -0.05) is 18.2 Å². The van der Waals surface area contributed by atoms with Crippen LogP contribution in [0, 0.1) is 21.4 Å². The van der Waals surface area contributed by atoms with Crippen molar-refractivity contribution in [1.82, 2.24) is 0 Å². The number of allylic oxidation sites excluding steroid dienone is 1. The van der Waals surface area contributed by atoms with Gasteiger partial charge >= 0.3 is 0 Å². The average Bonchev–Trinajstić information content (AvgIpc) is 2.67. The second kappa shape index (κ2) is 9.33. The molecular formula is C21H20N2O5. The lowest BCUT2D eigenvalue weighted by atomic mass is 10.0. The third-order valence-corrected chi connectivity index (χ3v) is 3.63. The van der Waals surface area contributed by atoms with Gasteiger partial charge in [-0.2, -0.15) is 5.26 Å². The molecule has 2 aromatic rings. The number of benzene rings is 2. The molecule has 2 aromatic carbocycles. The highest BCUT2D eigenvalue weighted by Gasteiger charge is 2.16. The largest absolute Gasteiger partial charge is 0.490 e. The zero-order chi connectivity index (χ0) is 20.7. The maximum atomic E-state index is 12.6. The number of nitro groups is 1. The Balaban J connectivity index is 2.39. The first-order valence-electron chi connectivity index (χ1n) is 8.70. The Hall–Kier alpha value is -3.66. The quantitative estimate of drug-likeness (QED) is 0.218. The van der Waals surface area contributed by atoms with Crippen LogP contribution >= 0.6 is 0 Å². The molecule has 0 aliphatic carbocycles. The van der Waals surface area contributed by atoms with Crippen molar-refractivity contribution in [3.05, 3.63) is 69.3 Å². The number of nitriles is 1. The van der Waals surface area contributed by atoms with Crippen molar-refractivity contribution in [2.75, 3.05) is 6.61 Å². The molecule has 0 saturated heterocycles. The van der Waals surface area contributed by atoms with Crippen LogP contribution in [0.2, 0.25) is 0 Å². The second-order valence-corrected chi connectivity index (χ2v) is 6.11. The number of carbonyl (C=O) groups excluding carboxylic acids is 1. The van der Waals surface area contributed by atoms with Gasteiger partial charge in [0, 0.05) is 17.7 Å². The van der Waals surface area contributed by atoms with Gasteiger partial charge in [0.1, 0.15) is 11.6 Å². The Bertz CT molecular complexity index is 958. The summed E-state index contributed by atoms with van der Waals surface area (Å²) in [5, 5.41) is 20.3. The summed E-state index contributed by atoms with van der Waals surface area (Å²) in [6.45, 7) is 6.07. The van der Waals surface area contributed by atoms with Gasteiger partial charge in [-0.05, 0) is 44.5 Å². The Morgan fingerprint density at radius 2 is 2.00 bits per heavy atom. The molecule has 0 aliphatic rings. The summed E-state index contributed by atoms with van der Waals surface area (Å²) in [7, 11) is 0. The average molecular weight is 380 g/mol. The normalized spacial score (nSPS) is 11.0. The molecule has 0 N–H and O–H groups in total. The van der Waals surface area contributed by atoms with E-state index in [1.165, 1.54) is 24.3 Å². The van der Waals surface area contributed by atoms with Crippen LogP contribution in [0.15, 0.2) is 48.0 Å². The SMILES string of the molecule is CCOc1cc(C=C(C#N)C(=O)c2cccc([N+](=O)[O-])c2)ccc1OC(C)C. The summed E-state index contributed by atoms with van der Waals surface area (Å²) in [4.78, 5) is 22.9. The Labute approximate surface area is 163 Å². The highest BCUT2D eigenvalue weighted by molar-refractivity contribution is 6.14. The molecular weight excluding hydrogens is 360 g/mol. The molecule has 0 heterocycles. The molecule has 7 nitrogen and oxygen atoms in total. The van der Waals surface area contributed by atoms with E-state index >= 15 is 0 Å². The number of rotatable bonds is 8. The molecule has 0 amide bonds. The van der Waals surface area contributed by atoms with Crippen LogP contribution in [-0.4, -0.2) is 23.4 Å². The number of hydrogen-bond donors (Lipinski definition) is 0. The van der Waals surface area contributed by atoms with E-state index in [0.29, 0.717) is 23.7 Å². The van der Waals surface area contributed by atoms with Crippen molar-refractivity contribution in [1.29, 1.82) is 5.26 Å². The van der Waals surface area contributed by atoms with Gasteiger partial charge in [0.15, 0.2) is 11.5 Å². The van der Waals surface area contributed by atoms with E-state index in [4.69, 9.17) is 9.47 Å². The molecule has 0 unspecified atom stereocenters. The lowest BCUT2D eigenvalue weighted by Crippen LogP contribution is -2.07. The van der Waals surface area contributed by atoms with Crippen molar-refractivity contribution < 1.29 is 19.2 Å². The van der Waals surface area contributed by atoms with Crippen molar-refractivity contribution in [3.8, 4) is 17.6 Å². The fourth-order valence-electron chi connectivity index (χ4n) is 2.47. The van der Waals surface area contributed by atoms with E-state index in [1.807, 2.05) is 26.8 Å². The Morgan fingerprint density at radius 3 is 2.61 bits per heavy atom. The van der Waals surface area contributed by atoms with E-state index in [9.17, 15) is 20.2 Å². The van der Waals surface area contributed by atoms with Crippen molar-refractivity contribution >= 4 is 17.5 Å². The van der Waals surface area contributed by atoms with Crippen molar-refractivity contribution in [2.45, 2.75) is 26.9 Å². The van der Waals surface area contributed by atoms with Gasteiger partial charge in [-0.25, -0.2) is 0 Å². The molecule has 28 heavy (non-hydrogen) atoms. The number of ether oxygens (including phenoxy) is 2. The second-order valence-electron chi connectivity index (χ2n) is 6.11. The summed E-state index contributed by atoms with van der Waals surface area (Å²) in [5.74, 6) is 0.481. The standard InChI is InChI=1S/C21H20N2O5/c1-4-27-20-11-15(8-9-19(20)28-14(2)3)10-17(13-22)21(24)16-6-5-7-18(12-16)23(25)26/h5-12,14H,4H2,1-3H3. The van der Waals surface area contributed by atoms with Gasteiger partial charge in [0.25, 0.3) is 5.69 Å². The number of ketones is 1. The van der Waals surface area contributed by atoms with Gasteiger partial charge in [-0.15, -0.1) is 0 Å². The molecule has 0 aliphatic heterocycles. The smallest absolute Gasteiger partial charge is 0.270 e. The van der Waals surface area contributed by atoms with E-state index in [-0.39, 0.29) is 22.9 Å². The molecule has 2 rings (SSSR count). The first kappa shape index (κ1) is 20.6. The Kier molecular flexibility index (Phi) is 6.88.